The number of rotatable bonds is 9. The zero-order valence-corrected chi connectivity index (χ0v) is 17.1. The smallest absolute Gasteiger partial charge is 0.339 e. The molecule has 0 bridgehead atoms. The van der Waals surface area contributed by atoms with Crippen LogP contribution in [0.25, 0.3) is 0 Å². The lowest BCUT2D eigenvalue weighted by Crippen LogP contribution is -2.43. The molecular weight excluding hydrogens is 374 g/mol. The van der Waals surface area contributed by atoms with Gasteiger partial charge in [0.2, 0.25) is 8.32 Å². The highest BCUT2D eigenvalue weighted by Crippen LogP contribution is 2.38. The van der Waals surface area contributed by atoms with Crippen LogP contribution in [-0.4, -0.2) is 37.1 Å². The maximum Gasteiger partial charge on any atom is 0.339 e. The topological polar surface area (TPSA) is 125 Å². The first kappa shape index (κ1) is 22.4. The standard InChI is InChI=1S/C17H25NO8Si/c1-17(2,3)27(4,5)26-12-8-9-14(13(11-12)16(20)21)25-15(19)7-6-10-24-18(22)23/h8-9,11H,6-7,10H2,1-5H3,(H,20,21). The van der Waals surface area contributed by atoms with Crippen LogP contribution in [0.5, 0.6) is 11.5 Å². The molecular formula is C17H25NO8Si. The summed E-state index contributed by atoms with van der Waals surface area (Å²) in [6, 6.07) is 4.27. The zero-order chi connectivity index (χ0) is 20.8. The minimum atomic E-state index is -2.15. The van der Waals surface area contributed by atoms with Crippen molar-refractivity contribution < 1.29 is 33.8 Å². The van der Waals surface area contributed by atoms with Crippen molar-refractivity contribution in [3.8, 4) is 11.5 Å². The van der Waals surface area contributed by atoms with E-state index in [2.05, 4.69) is 25.6 Å². The largest absolute Gasteiger partial charge is 0.543 e. The number of esters is 1. The number of ether oxygens (including phenoxy) is 1. The van der Waals surface area contributed by atoms with E-state index < -0.39 is 25.3 Å². The first-order valence-corrected chi connectivity index (χ1v) is 11.3. The van der Waals surface area contributed by atoms with Crippen LogP contribution < -0.4 is 9.16 Å². The molecule has 1 N–H and O–H groups in total. The Labute approximate surface area is 158 Å². The quantitative estimate of drug-likeness (QED) is 0.166. The van der Waals surface area contributed by atoms with Gasteiger partial charge in [0, 0.05) is 6.42 Å². The van der Waals surface area contributed by atoms with Crippen molar-refractivity contribution in [2.24, 2.45) is 0 Å². The van der Waals surface area contributed by atoms with Crippen LogP contribution in [0.15, 0.2) is 18.2 Å². The number of carboxylic acid groups (broad SMARTS) is 1. The van der Waals surface area contributed by atoms with E-state index in [9.17, 15) is 24.8 Å². The van der Waals surface area contributed by atoms with Gasteiger partial charge >= 0.3 is 11.9 Å². The van der Waals surface area contributed by atoms with Crippen LogP contribution in [-0.2, 0) is 9.63 Å². The molecule has 0 atom stereocenters. The lowest BCUT2D eigenvalue weighted by molar-refractivity contribution is -0.757. The summed E-state index contributed by atoms with van der Waals surface area (Å²) in [6.07, 6.45) is -0.0656. The Balaban J connectivity index is 2.86. The highest BCUT2D eigenvalue weighted by Gasteiger charge is 2.39. The van der Waals surface area contributed by atoms with Crippen molar-refractivity contribution in [3.05, 3.63) is 33.9 Å². The number of carbonyl (C=O) groups is 2. The fourth-order valence-electron chi connectivity index (χ4n) is 1.81. The third-order valence-corrected chi connectivity index (χ3v) is 8.66. The molecule has 0 amide bonds. The molecule has 27 heavy (non-hydrogen) atoms. The van der Waals surface area contributed by atoms with Gasteiger partial charge in [-0.25, -0.2) is 4.79 Å². The highest BCUT2D eigenvalue weighted by atomic mass is 28.4. The van der Waals surface area contributed by atoms with E-state index in [1.165, 1.54) is 12.1 Å². The van der Waals surface area contributed by atoms with Crippen LogP contribution >= 0.6 is 0 Å². The Bertz CT molecular complexity index is 711. The molecule has 0 saturated heterocycles. The molecule has 9 nitrogen and oxygen atoms in total. The van der Waals surface area contributed by atoms with Crippen LogP contribution in [0.3, 0.4) is 0 Å². The fraction of sp³-hybridized carbons (Fsp3) is 0.529. The Morgan fingerprint density at radius 1 is 1.26 bits per heavy atom. The van der Waals surface area contributed by atoms with Gasteiger partial charge in [-0.15, -0.1) is 10.1 Å². The molecule has 1 aromatic carbocycles. The number of hydrogen-bond acceptors (Lipinski definition) is 7. The van der Waals surface area contributed by atoms with Gasteiger partial charge in [0.15, 0.2) is 0 Å². The molecule has 0 heterocycles. The summed E-state index contributed by atoms with van der Waals surface area (Å²) >= 11 is 0. The summed E-state index contributed by atoms with van der Waals surface area (Å²) in [5, 5.41) is 18.4. The minimum Gasteiger partial charge on any atom is -0.543 e. The molecule has 150 valence electrons. The molecule has 1 rings (SSSR count). The summed E-state index contributed by atoms with van der Waals surface area (Å²) in [4.78, 5) is 37.5. The average Bonchev–Trinajstić information content (AvgIpc) is 2.51. The van der Waals surface area contributed by atoms with Crippen LogP contribution in [0.4, 0.5) is 0 Å². The molecule has 1 aromatic rings. The number of benzene rings is 1. The van der Waals surface area contributed by atoms with Gasteiger partial charge in [0.25, 0.3) is 5.09 Å². The Morgan fingerprint density at radius 3 is 2.41 bits per heavy atom. The molecule has 0 unspecified atom stereocenters. The van der Waals surface area contributed by atoms with Crippen molar-refractivity contribution >= 4 is 20.3 Å². The Hall–Kier alpha value is -2.62. The second kappa shape index (κ2) is 8.85. The molecule has 0 aliphatic rings. The maximum atomic E-state index is 11.8. The average molecular weight is 399 g/mol. The van der Waals surface area contributed by atoms with Gasteiger partial charge in [0.05, 0.1) is 6.61 Å². The van der Waals surface area contributed by atoms with E-state index >= 15 is 0 Å². The predicted molar refractivity (Wildman–Crippen MR) is 99.0 cm³/mol. The minimum absolute atomic E-state index is 0.0621. The number of carboxylic acids is 1. The fourth-order valence-corrected chi connectivity index (χ4v) is 2.83. The number of aromatic carboxylic acids is 1. The van der Waals surface area contributed by atoms with Crippen molar-refractivity contribution in [1.82, 2.24) is 0 Å². The molecule has 0 spiro atoms. The van der Waals surface area contributed by atoms with Gasteiger partial charge in [-0.1, -0.05) is 20.8 Å². The van der Waals surface area contributed by atoms with E-state index in [0.29, 0.717) is 5.75 Å². The van der Waals surface area contributed by atoms with Gasteiger partial charge in [-0.2, -0.15) is 0 Å². The van der Waals surface area contributed by atoms with E-state index in [-0.39, 0.29) is 35.8 Å². The van der Waals surface area contributed by atoms with Gasteiger partial charge in [0.1, 0.15) is 17.1 Å². The molecule has 0 fully saturated rings. The third kappa shape index (κ3) is 6.89. The molecule has 0 radical (unpaired) electrons. The second-order valence-corrected chi connectivity index (χ2v) is 12.2. The van der Waals surface area contributed by atoms with Crippen molar-refractivity contribution in [3.63, 3.8) is 0 Å². The van der Waals surface area contributed by atoms with Crippen LogP contribution in [0, 0.1) is 10.1 Å². The summed E-state index contributed by atoms with van der Waals surface area (Å²) in [6.45, 7) is 10.0. The van der Waals surface area contributed by atoms with E-state index in [4.69, 9.17) is 9.16 Å². The molecule has 0 saturated carbocycles. The number of carbonyl (C=O) groups excluding carboxylic acids is 1. The lowest BCUT2D eigenvalue weighted by atomic mass is 10.2. The summed E-state index contributed by atoms with van der Waals surface area (Å²) in [5.41, 5.74) is -0.193. The third-order valence-electron chi connectivity index (χ3n) is 4.31. The van der Waals surface area contributed by atoms with Crippen LogP contribution in [0.2, 0.25) is 18.1 Å². The Morgan fingerprint density at radius 2 is 1.89 bits per heavy atom. The molecule has 10 heteroatoms. The van der Waals surface area contributed by atoms with Crippen LogP contribution in [0.1, 0.15) is 44.0 Å². The monoisotopic (exact) mass is 399 g/mol. The van der Waals surface area contributed by atoms with Gasteiger partial charge in [-0.05, 0) is 42.8 Å². The zero-order valence-electron chi connectivity index (χ0n) is 16.1. The van der Waals surface area contributed by atoms with Gasteiger partial charge < -0.3 is 19.1 Å². The van der Waals surface area contributed by atoms with Gasteiger partial charge in [-0.3, -0.25) is 4.79 Å². The SMILES string of the molecule is CC(C)(C)[Si](C)(C)Oc1ccc(OC(=O)CCCO[N+](=O)[O-])c(C(=O)O)c1. The van der Waals surface area contributed by atoms with Crippen molar-refractivity contribution in [1.29, 1.82) is 0 Å². The Kier molecular flexibility index (Phi) is 7.34. The molecule has 0 aliphatic carbocycles. The van der Waals surface area contributed by atoms with E-state index in [0.717, 1.165) is 0 Å². The van der Waals surface area contributed by atoms with Crippen molar-refractivity contribution in [2.45, 2.75) is 51.7 Å². The second-order valence-electron chi connectivity index (χ2n) is 7.46. The summed E-state index contributed by atoms with van der Waals surface area (Å²) in [5.74, 6) is -1.67. The van der Waals surface area contributed by atoms with E-state index in [1.807, 2.05) is 13.1 Å². The first-order valence-electron chi connectivity index (χ1n) is 8.38. The number of nitrogens with zero attached hydrogens (tertiary/aromatic N) is 1. The highest BCUT2D eigenvalue weighted by molar-refractivity contribution is 6.74. The summed E-state index contributed by atoms with van der Waals surface area (Å²) < 4.78 is 11.2. The van der Waals surface area contributed by atoms with Crippen molar-refractivity contribution in [2.75, 3.05) is 6.61 Å². The number of hydrogen-bond donors (Lipinski definition) is 1. The first-order chi connectivity index (χ1) is 12.3. The molecule has 0 aromatic heterocycles. The summed E-state index contributed by atoms with van der Waals surface area (Å²) in [7, 11) is -2.15. The maximum absolute atomic E-state index is 11.8. The molecule has 0 aliphatic heterocycles. The normalized spacial score (nSPS) is 11.6. The van der Waals surface area contributed by atoms with E-state index in [1.54, 1.807) is 6.07 Å². The lowest BCUT2D eigenvalue weighted by Gasteiger charge is -2.36. The predicted octanol–water partition coefficient (Wildman–Crippen LogP) is 3.66.